The molecule has 1 N–H and O–H groups in total. The summed E-state index contributed by atoms with van der Waals surface area (Å²) in [7, 11) is 1.64. The number of rotatable bonds is 6. The fraction of sp³-hybridized carbons (Fsp3) is 0.450. The molecule has 0 saturated carbocycles. The fourth-order valence-corrected chi connectivity index (χ4v) is 3.32. The first kappa shape index (κ1) is 18.2. The van der Waals surface area contributed by atoms with Crippen molar-refractivity contribution in [3.05, 3.63) is 58.0 Å². The van der Waals surface area contributed by atoms with E-state index in [1.54, 1.807) is 19.3 Å². The number of hydrogen-bond donors (Lipinski definition) is 1. The smallest absolute Gasteiger partial charge is 0.268 e. The molecule has 6 nitrogen and oxygen atoms in total. The van der Waals surface area contributed by atoms with Crippen LogP contribution in [-0.4, -0.2) is 35.3 Å². The number of carbonyl (C=O) groups excluding carboxylic acids is 1. The van der Waals surface area contributed by atoms with Gasteiger partial charge in [-0.1, -0.05) is 25.5 Å². The Morgan fingerprint density at radius 2 is 2.08 bits per heavy atom. The summed E-state index contributed by atoms with van der Waals surface area (Å²) in [5.74, 6) is 0.351. The molecule has 1 saturated heterocycles. The molecule has 0 aliphatic carbocycles. The van der Waals surface area contributed by atoms with Gasteiger partial charge in [-0.05, 0) is 36.5 Å². The largest absolute Gasteiger partial charge is 0.370 e. The fourth-order valence-electron chi connectivity index (χ4n) is 3.32. The van der Waals surface area contributed by atoms with E-state index in [-0.39, 0.29) is 11.5 Å². The van der Waals surface area contributed by atoms with Crippen LogP contribution in [0.25, 0.3) is 0 Å². The molecule has 0 bridgehead atoms. The highest BCUT2D eigenvalue weighted by molar-refractivity contribution is 5.94. The van der Waals surface area contributed by atoms with Crippen molar-refractivity contribution >= 4 is 11.6 Å². The molecule has 1 aliphatic heterocycles. The molecular formula is C20H26N4O2. The second-order valence-corrected chi connectivity index (χ2v) is 6.93. The summed E-state index contributed by atoms with van der Waals surface area (Å²) in [5, 5.41) is 7.11. The van der Waals surface area contributed by atoms with Crippen molar-refractivity contribution < 1.29 is 4.79 Å². The Hall–Kier alpha value is -2.63. The normalized spacial score (nSPS) is 16.7. The van der Waals surface area contributed by atoms with Crippen molar-refractivity contribution in [2.24, 2.45) is 13.0 Å². The van der Waals surface area contributed by atoms with Crippen molar-refractivity contribution in [3.8, 4) is 0 Å². The van der Waals surface area contributed by atoms with Crippen LogP contribution >= 0.6 is 0 Å². The van der Waals surface area contributed by atoms with Crippen molar-refractivity contribution in [1.82, 2.24) is 15.1 Å². The number of amides is 1. The average Bonchev–Trinajstić information content (AvgIpc) is 3.12. The van der Waals surface area contributed by atoms with E-state index in [1.807, 2.05) is 24.3 Å². The van der Waals surface area contributed by atoms with Gasteiger partial charge in [-0.15, -0.1) is 0 Å². The highest BCUT2D eigenvalue weighted by atomic mass is 16.1. The molecule has 1 atom stereocenters. The summed E-state index contributed by atoms with van der Waals surface area (Å²) >= 11 is 0. The average molecular weight is 354 g/mol. The standard InChI is InChI=1S/C20H26N4O2/c1-3-4-15-5-7-17(8-6-15)20(26)21-12-16-9-10-24(14-16)18-11-19(25)23(2)22-13-18/h5-8,11,13,16H,3-4,9-10,12,14H2,1-2H3,(H,21,26)/t16-/m1/s1. The van der Waals surface area contributed by atoms with Gasteiger partial charge in [0.2, 0.25) is 0 Å². The van der Waals surface area contributed by atoms with Crippen molar-refractivity contribution in [1.29, 1.82) is 0 Å². The third-order valence-corrected chi connectivity index (χ3v) is 4.91. The molecule has 1 fully saturated rings. The van der Waals surface area contributed by atoms with Gasteiger partial charge < -0.3 is 10.2 Å². The van der Waals surface area contributed by atoms with E-state index in [0.29, 0.717) is 18.0 Å². The molecule has 1 aromatic heterocycles. The molecular weight excluding hydrogens is 328 g/mol. The number of hydrogen-bond acceptors (Lipinski definition) is 4. The minimum atomic E-state index is -0.106. The van der Waals surface area contributed by atoms with Gasteiger partial charge in [0.15, 0.2) is 0 Å². The lowest BCUT2D eigenvalue weighted by Gasteiger charge is -2.18. The monoisotopic (exact) mass is 354 g/mol. The quantitative estimate of drug-likeness (QED) is 0.861. The summed E-state index contributed by atoms with van der Waals surface area (Å²) in [5.41, 5.74) is 2.72. The number of anilines is 1. The molecule has 1 aliphatic rings. The summed E-state index contributed by atoms with van der Waals surface area (Å²) < 4.78 is 1.32. The lowest BCUT2D eigenvalue weighted by atomic mass is 10.1. The number of benzene rings is 1. The van der Waals surface area contributed by atoms with Gasteiger partial charge in [-0.3, -0.25) is 9.59 Å². The van der Waals surface area contributed by atoms with E-state index in [4.69, 9.17) is 0 Å². The Morgan fingerprint density at radius 3 is 2.77 bits per heavy atom. The zero-order valence-corrected chi connectivity index (χ0v) is 15.4. The van der Waals surface area contributed by atoms with Crippen LogP contribution in [0.15, 0.2) is 41.3 Å². The maximum absolute atomic E-state index is 12.3. The minimum absolute atomic E-state index is 0.0262. The highest BCUT2D eigenvalue weighted by Crippen LogP contribution is 2.21. The first-order chi connectivity index (χ1) is 12.6. The number of aromatic nitrogens is 2. The van der Waals surface area contributed by atoms with Gasteiger partial charge in [0.25, 0.3) is 11.5 Å². The summed E-state index contributed by atoms with van der Waals surface area (Å²) in [6.45, 7) is 4.49. The summed E-state index contributed by atoms with van der Waals surface area (Å²) in [6.07, 6.45) is 4.86. The number of nitrogens with zero attached hydrogens (tertiary/aromatic N) is 3. The van der Waals surface area contributed by atoms with Crippen LogP contribution < -0.4 is 15.8 Å². The molecule has 2 heterocycles. The SMILES string of the molecule is CCCc1ccc(C(=O)NC[C@H]2CCN(c3cnn(C)c(=O)c3)C2)cc1. The Kier molecular flexibility index (Phi) is 5.71. The third kappa shape index (κ3) is 4.31. The second kappa shape index (κ2) is 8.17. The predicted molar refractivity (Wildman–Crippen MR) is 103 cm³/mol. The van der Waals surface area contributed by atoms with E-state index in [9.17, 15) is 9.59 Å². The first-order valence-electron chi connectivity index (χ1n) is 9.22. The van der Waals surface area contributed by atoms with E-state index >= 15 is 0 Å². The Labute approximate surface area is 153 Å². The van der Waals surface area contributed by atoms with E-state index < -0.39 is 0 Å². The van der Waals surface area contributed by atoms with E-state index in [0.717, 1.165) is 38.0 Å². The van der Waals surface area contributed by atoms with Crippen LogP contribution in [0.2, 0.25) is 0 Å². The third-order valence-electron chi connectivity index (χ3n) is 4.91. The Balaban J connectivity index is 1.51. The summed E-state index contributed by atoms with van der Waals surface area (Å²) in [4.78, 5) is 26.2. The minimum Gasteiger partial charge on any atom is -0.370 e. The molecule has 6 heteroatoms. The van der Waals surface area contributed by atoms with Gasteiger partial charge in [-0.25, -0.2) is 4.68 Å². The molecule has 1 amide bonds. The molecule has 138 valence electrons. The first-order valence-corrected chi connectivity index (χ1v) is 9.22. The van der Waals surface area contributed by atoms with Gasteiger partial charge in [0, 0.05) is 38.3 Å². The Morgan fingerprint density at radius 1 is 1.31 bits per heavy atom. The van der Waals surface area contributed by atoms with Crippen molar-refractivity contribution in [2.75, 3.05) is 24.5 Å². The predicted octanol–water partition coefficient (Wildman–Crippen LogP) is 1.99. The van der Waals surface area contributed by atoms with Crippen molar-refractivity contribution in [2.45, 2.75) is 26.2 Å². The molecule has 0 unspecified atom stereocenters. The van der Waals surface area contributed by atoms with Crippen LogP contribution in [-0.2, 0) is 13.5 Å². The van der Waals surface area contributed by atoms with E-state index in [1.165, 1.54) is 10.2 Å². The van der Waals surface area contributed by atoms with Crippen LogP contribution in [0.3, 0.4) is 0 Å². The van der Waals surface area contributed by atoms with Crippen LogP contribution in [0.5, 0.6) is 0 Å². The molecule has 2 aromatic rings. The highest BCUT2D eigenvalue weighted by Gasteiger charge is 2.23. The topological polar surface area (TPSA) is 67.2 Å². The second-order valence-electron chi connectivity index (χ2n) is 6.93. The van der Waals surface area contributed by atoms with E-state index in [2.05, 4.69) is 22.2 Å². The summed E-state index contributed by atoms with van der Waals surface area (Å²) in [6, 6.07) is 9.46. The number of aryl methyl sites for hydroxylation is 2. The lowest BCUT2D eigenvalue weighted by molar-refractivity contribution is 0.0948. The number of nitrogens with one attached hydrogen (secondary N) is 1. The Bertz CT molecular complexity index is 813. The van der Waals surface area contributed by atoms with Gasteiger partial charge in [-0.2, -0.15) is 5.10 Å². The molecule has 1 aromatic carbocycles. The van der Waals surface area contributed by atoms with Crippen molar-refractivity contribution in [3.63, 3.8) is 0 Å². The molecule has 26 heavy (non-hydrogen) atoms. The molecule has 3 rings (SSSR count). The van der Waals surface area contributed by atoms with Gasteiger partial charge >= 0.3 is 0 Å². The zero-order chi connectivity index (χ0) is 18.5. The maximum Gasteiger partial charge on any atom is 0.268 e. The van der Waals surface area contributed by atoms with Crippen LogP contribution in [0, 0.1) is 5.92 Å². The van der Waals surface area contributed by atoms with Crippen LogP contribution in [0.1, 0.15) is 35.7 Å². The lowest BCUT2D eigenvalue weighted by Crippen LogP contribution is -2.31. The maximum atomic E-state index is 12.3. The molecule has 0 spiro atoms. The van der Waals surface area contributed by atoms with Crippen LogP contribution in [0.4, 0.5) is 5.69 Å². The number of carbonyl (C=O) groups is 1. The zero-order valence-electron chi connectivity index (χ0n) is 15.4. The molecule has 0 radical (unpaired) electrons. The van der Waals surface area contributed by atoms with Gasteiger partial charge in [0.05, 0.1) is 11.9 Å². The van der Waals surface area contributed by atoms with Gasteiger partial charge in [0.1, 0.15) is 0 Å².